The first kappa shape index (κ1) is 32.7. The fraction of sp³-hybridized carbons (Fsp3) is 0.258. The fourth-order valence-electron chi connectivity index (χ4n) is 4.75. The molecule has 2 amide bonds. The van der Waals surface area contributed by atoms with Gasteiger partial charge < -0.3 is 25.6 Å². The van der Waals surface area contributed by atoms with E-state index in [-0.39, 0.29) is 35.1 Å². The molecule has 0 atom stereocenters. The van der Waals surface area contributed by atoms with Crippen molar-refractivity contribution in [1.82, 2.24) is 34.7 Å². The van der Waals surface area contributed by atoms with E-state index >= 15 is 0 Å². The molecule has 1 aliphatic rings. The highest BCUT2D eigenvalue weighted by Gasteiger charge is 2.36. The summed E-state index contributed by atoms with van der Waals surface area (Å²) >= 11 is 0. The highest BCUT2D eigenvalue weighted by molar-refractivity contribution is 6.01. The number of nitrogens with one attached hydrogen (secondary N) is 3. The van der Waals surface area contributed by atoms with Gasteiger partial charge in [-0.1, -0.05) is 12.6 Å². The molecule has 1 fully saturated rings. The van der Waals surface area contributed by atoms with Gasteiger partial charge in [-0.25, -0.2) is 9.97 Å². The molecule has 3 aromatic heterocycles. The lowest BCUT2D eigenvalue weighted by atomic mass is 10.1. The lowest BCUT2D eigenvalue weighted by Crippen LogP contribution is -2.48. The van der Waals surface area contributed by atoms with Crippen molar-refractivity contribution in [3.05, 3.63) is 90.0 Å². The average Bonchev–Trinajstić information content (AvgIpc) is 3.07. The van der Waals surface area contributed by atoms with E-state index in [1.54, 1.807) is 48.4 Å². The van der Waals surface area contributed by atoms with Crippen molar-refractivity contribution in [2.24, 2.45) is 0 Å². The first-order chi connectivity index (χ1) is 22.5. The SMILES string of the molecule is C=CC(=O)Nc1cc(CN2CCN(C(=O)c3cccnc3)CC2)ccc1Nc1nc(Nc2nc(OC)ncc2C)ncc1C(F)(F)F. The van der Waals surface area contributed by atoms with Gasteiger partial charge >= 0.3 is 12.2 Å². The number of carbonyl (C=O) groups excluding carboxylic acids is 2. The van der Waals surface area contributed by atoms with E-state index in [1.165, 1.54) is 19.5 Å². The number of aromatic nitrogens is 5. The highest BCUT2D eigenvalue weighted by atomic mass is 19.4. The van der Waals surface area contributed by atoms with E-state index in [1.807, 2.05) is 0 Å². The Kier molecular flexibility index (Phi) is 9.89. The average molecular weight is 649 g/mol. The maximum absolute atomic E-state index is 14.0. The van der Waals surface area contributed by atoms with Crippen LogP contribution in [0.1, 0.15) is 27.0 Å². The Labute approximate surface area is 267 Å². The van der Waals surface area contributed by atoms with Crippen LogP contribution in [0.25, 0.3) is 0 Å². The van der Waals surface area contributed by atoms with Crippen molar-refractivity contribution in [3.63, 3.8) is 0 Å². The van der Waals surface area contributed by atoms with Crippen molar-refractivity contribution in [2.45, 2.75) is 19.6 Å². The van der Waals surface area contributed by atoms with Gasteiger partial charge in [0.1, 0.15) is 17.2 Å². The van der Waals surface area contributed by atoms with Gasteiger partial charge in [-0.3, -0.25) is 19.5 Å². The number of methoxy groups -OCH3 is 1. The number of piperazine rings is 1. The van der Waals surface area contributed by atoms with Crippen LogP contribution in [0, 0.1) is 6.92 Å². The number of ether oxygens (including phenoxy) is 1. The first-order valence-corrected chi connectivity index (χ1v) is 14.4. The van der Waals surface area contributed by atoms with E-state index in [2.05, 4.69) is 52.3 Å². The van der Waals surface area contributed by atoms with Crippen LogP contribution in [0.2, 0.25) is 0 Å². The number of anilines is 5. The number of hydrogen-bond acceptors (Lipinski definition) is 11. The number of carbonyl (C=O) groups is 2. The number of nitrogens with zero attached hydrogens (tertiary/aromatic N) is 7. The van der Waals surface area contributed by atoms with Crippen LogP contribution < -0.4 is 20.7 Å². The number of rotatable bonds is 10. The molecule has 0 unspecified atom stereocenters. The minimum Gasteiger partial charge on any atom is -0.467 e. The maximum Gasteiger partial charge on any atom is 0.421 e. The van der Waals surface area contributed by atoms with Crippen LogP contribution in [0.4, 0.5) is 42.1 Å². The summed E-state index contributed by atoms with van der Waals surface area (Å²) in [7, 11) is 1.38. The molecule has 16 heteroatoms. The molecular formula is C31H31F3N10O3. The van der Waals surface area contributed by atoms with E-state index in [9.17, 15) is 22.8 Å². The fourth-order valence-corrected chi connectivity index (χ4v) is 4.75. The van der Waals surface area contributed by atoms with Crippen molar-refractivity contribution in [1.29, 1.82) is 0 Å². The maximum atomic E-state index is 14.0. The number of halogens is 3. The van der Waals surface area contributed by atoms with Gasteiger partial charge in [0.15, 0.2) is 0 Å². The van der Waals surface area contributed by atoms with Crippen molar-refractivity contribution >= 4 is 40.8 Å². The third kappa shape index (κ3) is 8.15. The Morgan fingerprint density at radius 1 is 1.00 bits per heavy atom. The second-order valence-electron chi connectivity index (χ2n) is 10.5. The summed E-state index contributed by atoms with van der Waals surface area (Å²) < 4.78 is 47.2. The summed E-state index contributed by atoms with van der Waals surface area (Å²) in [6.45, 7) is 7.87. The molecule has 0 aliphatic carbocycles. The zero-order valence-electron chi connectivity index (χ0n) is 25.5. The second-order valence-corrected chi connectivity index (χ2v) is 10.5. The van der Waals surface area contributed by atoms with Crippen LogP contribution in [0.5, 0.6) is 6.01 Å². The predicted molar refractivity (Wildman–Crippen MR) is 168 cm³/mol. The quantitative estimate of drug-likeness (QED) is 0.208. The molecule has 3 N–H and O–H groups in total. The van der Waals surface area contributed by atoms with Crippen LogP contribution in [-0.4, -0.2) is 79.8 Å². The summed E-state index contributed by atoms with van der Waals surface area (Å²) in [5.41, 5.74) is 1.15. The summed E-state index contributed by atoms with van der Waals surface area (Å²) in [6.07, 6.45) is 1.55. The molecular weight excluding hydrogens is 617 g/mol. The number of benzene rings is 1. The molecule has 0 saturated carbocycles. The van der Waals surface area contributed by atoms with Crippen LogP contribution in [-0.2, 0) is 17.5 Å². The molecule has 4 aromatic rings. The topological polar surface area (TPSA) is 150 Å². The number of pyridine rings is 1. The highest BCUT2D eigenvalue weighted by Crippen LogP contribution is 2.37. The molecule has 0 spiro atoms. The number of alkyl halides is 3. The van der Waals surface area contributed by atoms with Gasteiger partial charge in [-0.15, -0.1) is 0 Å². The van der Waals surface area contributed by atoms with Gasteiger partial charge in [-0.05, 0) is 42.8 Å². The first-order valence-electron chi connectivity index (χ1n) is 14.4. The normalized spacial score (nSPS) is 13.5. The Hall–Kier alpha value is -5.64. The van der Waals surface area contributed by atoms with Crippen LogP contribution in [0.15, 0.2) is 67.8 Å². The molecule has 244 valence electrons. The van der Waals surface area contributed by atoms with Gasteiger partial charge in [0.05, 0.1) is 24.0 Å². The number of hydrogen-bond donors (Lipinski definition) is 3. The minimum absolute atomic E-state index is 0.0474. The zero-order chi connectivity index (χ0) is 33.6. The van der Waals surface area contributed by atoms with E-state index in [0.29, 0.717) is 50.0 Å². The molecule has 5 rings (SSSR count). The number of aryl methyl sites for hydroxylation is 1. The second kappa shape index (κ2) is 14.2. The Morgan fingerprint density at radius 2 is 1.79 bits per heavy atom. The Balaban J connectivity index is 1.36. The van der Waals surface area contributed by atoms with Crippen molar-refractivity contribution in [3.8, 4) is 6.01 Å². The largest absolute Gasteiger partial charge is 0.467 e. The molecule has 0 radical (unpaired) electrons. The molecule has 0 bridgehead atoms. The zero-order valence-corrected chi connectivity index (χ0v) is 25.5. The minimum atomic E-state index is -4.79. The van der Waals surface area contributed by atoms with Gasteiger partial charge in [0.2, 0.25) is 11.9 Å². The summed E-state index contributed by atoms with van der Waals surface area (Å²) in [4.78, 5) is 49.1. The van der Waals surface area contributed by atoms with E-state index in [0.717, 1.165) is 11.6 Å². The summed E-state index contributed by atoms with van der Waals surface area (Å²) in [5, 5.41) is 8.19. The summed E-state index contributed by atoms with van der Waals surface area (Å²) in [5.74, 6) is -1.12. The van der Waals surface area contributed by atoms with E-state index < -0.39 is 23.5 Å². The predicted octanol–water partition coefficient (Wildman–Crippen LogP) is 4.57. The Morgan fingerprint density at radius 3 is 2.47 bits per heavy atom. The standard InChI is InChI=1S/C31H31F3N10O3/c1-4-25(45)38-24-14-20(18-43-10-12-44(13-11-43)28(46)21-6-5-9-35-16-21)7-8-23(24)39-27-22(31(32,33)34)17-36-29(41-27)40-26-19(2)15-37-30(42-26)47-3/h4-9,14-17H,1,10-13,18H2,2-3H3,(H,38,45)(H2,36,37,39,40,41,42). The van der Waals surface area contributed by atoms with Gasteiger partial charge in [-0.2, -0.15) is 23.1 Å². The monoisotopic (exact) mass is 648 g/mol. The molecule has 4 heterocycles. The molecule has 47 heavy (non-hydrogen) atoms. The van der Waals surface area contributed by atoms with Crippen LogP contribution >= 0.6 is 0 Å². The van der Waals surface area contributed by atoms with E-state index in [4.69, 9.17) is 4.74 Å². The number of amides is 2. The van der Waals surface area contributed by atoms with Gasteiger partial charge in [0.25, 0.3) is 5.91 Å². The molecule has 1 aromatic carbocycles. The summed E-state index contributed by atoms with van der Waals surface area (Å²) in [6, 6.07) is 8.46. The lowest BCUT2D eigenvalue weighted by molar-refractivity contribution is -0.137. The van der Waals surface area contributed by atoms with Gasteiger partial charge in [0, 0.05) is 63.1 Å². The molecule has 13 nitrogen and oxygen atoms in total. The van der Waals surface area contributed by atoms with Crippen molar-refractivity contribution in [2.75, 3.05) is 49.2 Å². The smallest absolute Gasteiger partial charge is 0.421 e. The molecule has 1 saturated heterocycles. The lowest BCUT2D eigenvalue weighted by Gasteiger charge is -2.34. The molecule has 1 aliphatic heterocycles. The third-order valence-electron chi connectivity index (χ3n) is 7.21. The third-order valence-corrected chi connectivity index (χ3v) is 7.21. The van der Waals surface area contributed by atoms with Crippen molar-refractivity contribution < 1.29 is 27.5 Å². The van der Waals surface area contributed by atoms with Crippen LogP contribution in [0.3, 0.4) is 0 Å². The Bertz CT molecular complexity index is 1760.